The molecule has 0 rings (SSSR count). The van der Waals surface area contributed by atoms with E-state index in [1.54, 1.807) is 0 Å². The highest BCUT2D eigenvalue weighted by atomic mass is 31.2. The highest BCUT2D eigenvalue weighted by Gasteiger charge is 2.22. The van der Waals surface area contributed by atoms with Crippen LogP contribution in [0.4, 0.5) is 0 Å². The molecule has 0 amide bonds. The molecule has 0 aromatic rings. The van der Waals surface area contributed by atoms with E-state index in [1.807, 2.05) is 0 Å². The molecule has 0 fully saturated rings. The Hall–Kier alpha value is -0.720. The van der Waals surface area contributed by atoms with E-state index >= 15 is 0 Å². The molecule has 16 heavy (non-hydrogen) atoms. The Morgan fingerprint density at radius 1 is 1.19 bits per heavy atom. The van der Waals surface area contributed by atoms with E-state index in [9.17, 15) is 9.36 Å². The predicted molar refractivity (Wildman–Crippen MR) is 54.2 cm³/mol. The lowest BCUT2D eigenvalue weighted by molar-refractivity contribution is -0.131. The Morgan fingerprint density at radius 2 is 1.62 bits per heavy atom. The van der Waals surface area contributed by atoms with Gasteiger partial charge in [0.05, 0.1) is 0 Å². The van der Waals surface area contributed by atoms with Gasteiger partial charge in [0.2, 0.25) is 0 Å². The molecule has 7 nitrogen and oxygen atoms in total. The van der Waals surface area contributed by atoms with Crippen molar-refractivity contribution in [2.75, 3.05) is 13.2 Å². The molecule has 8 heteroatoms. The van der Waals surface area contributed by atoms with Crippen LogP contribution in [-0.2, 0) is 13.9 Å². The standard InChI is InChI=1S/C8H15O7P/c1-6(7(2-4-9)3-5-10)8(11)15-16(12,13)14/h9-10H,2-5H2,1H3,(H2,12,13,14). The summed E-state index contributed by atoms with van der Waals surface area (Å²) < 4.78 is 14.3. The van der Waals surface area contributed by atoms with Crippen LogP contribution in [0.5, 0.6) is 0 Å². The SMILES string of the molecule is CC(C(=O)OP(=O)(O)O)=C(CCO)CCO. The minimum atomic E-state index is -4.86. The fourth-order valence-corrected chi connectivity index (χ4v) is 1.44. The lowest BCUT2D eigenvalue weighted by Crippen LogP contribution is -2.08. The number of phosphoric acid groups is 1. The van der Waals surface area contributed by atoms with Crippen LogP contribution >= 0.6 is 7.82 Å². The first-order valence-electron chi connectivity index (χ1n) is 4.51. The largest absolute Gasteiger partial charge is 0.527 e. The van der Waals surface area contributed by atoms with Gasteiger partial charge < -0.3 is 14.7 Å². The molecule has 4 N–H and O–H groups in total. The number of hydrogen-bond acceptors (Lipinski definition) is 5. The highest BCUT2D eigenvalue weighted by Crippen LogP contribution is 2.37. The summed E-state index contributed by atoms with van der Waals surface area (Å²) in [5.74, 6) is -1.15. The fraction of sp³-hybridized carbons (Fsp3) is 0.625. The van der Waals surface area contributed by atoms with Crippen LogP contribution in [0.15, 0.2) is 11.1 Å². The minimum Gasteiger partial charge on any atom is -0.396 e. The van der Waals surface area contributed by atoms with E-state index in [4.69, 9.17) is 20.0 Å². The van der Waals surface area contributed by atoms with Gasteiger partial charge in [-0.1, -0.05) is 5.57 Å². The number of carbonyl (C=O) groups excluding carboxylic acids is 1. The lowest BCUT2D eigenvalue weighted by atomic mass is 10.0. The highest BCUT2D eigenvalue weighted by molar-refractivity contribution is 7.46. The smallest absolute Gasteiger partial charge is 0.396 e. The van der Waals surface area contributed by atoms with Gasteiger partial charge in [-0.2, -0.15) is 0 Å². The summed E-state index contributed by atoms with van der Waals surface area (Å²) >= 11 is 0. The van der Waals surface area contributed by atoms with Crippen molar-refractivity contribution in [2.45, 2.75) is 19.8 Å². The van der Waals surface area contributed by atoms with E-state index in [0.29, 0.717) is 5.57 Å². The van der Waals surface area contributed by atoms with Gasteiger partial charge in [-0.05, 0) is 19.8 Å². The number of carbonyl (C=O) groups is 1. The zero-order chi connectivity index (χ0) is 12.8. The Morgan fingerprint density at radius 3 is 1.94 bits per heavy atom. The molecule has 0 unspecified atom stereocenters. The van der Waals surface area contributed by atoms with E-state index in [2.05, 4.69) is 4.52 Å². The Bertz CT molecular complexity index is 308. The summed E-state index contributed by atoms with van der Waals surface area (Å²) in [4.78, 5) is 28.1. The van der Waals surface area contributed by atoms with E-state index in [0.717, 1.165) is 0 Å². The van der Waals surface area contributed by atoms with Gasteiger partial charge in [-0.15, -0.1) is 0 Å². The normalized spacial score (nSPS) is 11.1. The first-order valence-corrected chi connectivity index (χ1v) is 6.04. The lowest BCUT2D eigenvalue weighted by Gasteiger charge is -2.10. The van der Waals surface area contributed by atoms with Crippen LogP contribution in [0.1, 0.15) is 19.8 Å². The zero-order valence-electron chi connectivity index (χ0n) is 8.79. The van der Waals surface area contributed by atoms with Crippen molar-refractivity contribution >= 4 is 13.8 Å². The van der Waals surface area contributed by atoms with Crippen molar-refractivity contribution in [2.24, 2.45) is 0 Å². The van der Waals surface area contributed by atoms with Crippen LogP contribution < -0.4 is 0 Å². The van der Waals surface area contributed by atoms with Crippen molar-refractivity contribution in [3.63, 3.8) is 0 Å². The summed E-state index contributed by atoms with van der Waals surface area (Å²) in [6, 6.07) is 0. The molecule has 0 spiro atoms. The first kappa shape index (κ1) is 15.3. The number of aliphatic hydroxyl groups is 2. The molecular weight excluding hydrogens is 239 g/mol. The molecule has 0 saturated heterocycles. The molecule has 0 aliphatic heterocycles. The average molecular weight is 254 g/mol. The Labute approximate surface area is 92.6 Å². The summed E-state index contributed by atoms with van der Waals surface area (Å²) in [5.41, 5.74) is 0.398. The maximum absolute atomic E-state index is 11.2. The molecule has 0 aliphatic carbocycles. The predicted octanol–water partition coefficient (Wildman–Crippen LogP) is -0.296. The van der Waals surface area contributed by atoms with Gasteiger partial charge in [0.15, 0.2) is 0 Å². The van der Waals surface area contributed by atoms with Crippen molar-refractivity contribution in [3.8, 4) is 0 Å². The Kier molecular flexibility index (Phi) is 6.47. The van der Waals surface area contributed by atoms with Crippen LogP contribution in [-0.4, -0.2) is 39.2 Å². The molecule has 94 valence electrons. The molecule has 0 radical (unpaired) electrons. The minimum absolute atomic E-state index is 0.00794. The van der Waals surface area contributed by atoms with Gasteiger partial charge >= 0.3 is 13.8 Å². The summed E-state index contributed by atoms with van der Waals surface area (Å²) in [6.07, 6.45) is 0.283. The molecule has 0 aromatic heterocycles. The molecule has 0 aliphatic rings. The van der Waals surface area contributed by atoms with Crippen LogP contribution in [0, 0.1) is 0 Å². The third-order valence-corrected chi connectivity index (χ3v) is 2.27. The fourth-order valence-electron chi connectivity index (χ4n) is 1.09. The van der Waals surface area contributed by atoms with Crippen molar-refractivity contribution in [3.05, 3.63) is 11.1 Å². The second-order valence-corrected chi connectivity index (χ2v) is 4.21. The maximum atomic E-state index is 11.2. The van der Waals surface area contributed by atoms with Gasteiger partial charge in [0, 0.05) is 18.8 Å². The quantitative estimate of drug-likeness (QED) is 0.379. The van der Waals surface area contributed by atoms with Crippen LogP contribution in [0.25, 0.3) is 0 Å². The van der Waals surface area contributed by atoms with Crippen LogP contribution in [0.2, 0.25) is 0 Å². The molecule has 0 aromatic carbocycles. The molecule has 0 atom stereocenters. The topological polar surface area (TPSA) is 124 Å². The molecule has 0 bridgehead atoms. The summed E-state index contributed by atoms with van der Waals surface area (Å²) in [6.45, 7) is 0.865. The zero-order valence-corrected chi connectivity index (χ0v) is 9.68. The van der Waals surface area contributed by atoms with E-state index < -0.39 is 13.8 Å². The third kappa shape index (κ3) is 5.99. The molecular formula is C8H15O7P. The Balaban J connectivity index is 4.80. The van der Waals surface area contributed by atoms with Gasteiger partial charge in [-0.25, -0.2) is 9.36 Å². The van der Waals surface area contributed by atoms with Crippen LogP contribution in [0.3, 0.4) is 0 Å². The summed E-state index contributed by atoms with van der Waals surface area (Å²) in [7, 11) is -4.86. The molecule has 0 saturated carbocycles. The molecule has 0 heterocycles. The van der Waals surface area contributed by atoms with Gasteiger partial charge in [0.1, 0.15) is 0 Å². The van der Waals surface area contributed by atoms with E-state index in [1.165, 1.54) is 6.92 Å². The number of aliphatic hydroxyl groups excluding tert-OH is 2. The van der Waals surface area contributed by atoms with E-state index in [-0.39, 0.29) is 31.6 Å². The number of hydrogen-bond donors (Lipinski definition) is 4. The average Bonchev–Trinajstić information content (AvgIpc) is 2.13. The number of phosphoric ester groups is 1. The number of rotatable bonds is 6. The van der Waals surface area contributed by atoms with Crippen molar-refractivity contribution < 1.29 is 33.9 Å². The summed E-state index contributed by atoms with van der Waals surface area (Å²) in [5, 5.41) is 17.4. The maximum Gasteiger partial charge on any atom is 0.527 e. The van der Waals surface area contributed by atoms with Gasteiger partial charge in [-0.3, -0.25) is 9.79 Å². The monoisotopic (exact) mass is 254 g/mol. The van der Waals surface area contributed by atoms with Crippen molar-refractivity contribution in [1.82, 2.24) is 0 Å². The second-order valence-electron chi connectivity index (χ2n) is 3.05. The van der Waals surface area contributed by atoms with Gasteiger partial charge in [0.25, 0.3) is 0 Å². The first-order chi connectivity index (χ1) is 7.31. The van der Waals surface area contributed by atoms with Crippen molar-refractivity contribution in [1.29, 1.82) is 0 Å². The second kappa shape index (κ2) is 6.78. The third-order valence-electron chi connectivity index (χ3n) is 1.87.